The van der Waals surface area contributed by atoms with Crippen molar-refractivity contribution in [1.29, 1.82) is 0 Å². The normalized spacial score (nSPS) is 10.4. The first-order chi connectivity index (χ1) is 5.81. The van der Waals surface area contributed by atoms with Gasteiger partial charge in [-0.15, -0.1) is 11.3 Å². The number of aromatic nitrogens is 2. The predicted octanol–water partition coefficient (Wildman–Crippen LogP) is 0.984. The number of thiophene rings is 1. The van der Waals surface area contributed by atoms with Crippen molar-refractivity contribution >= 4 is 27.5 Å². The lowest BCUT2D eigenvalue weighted by Crippen LogP contribution is -2.15. The number of carbonyl (C=O) groups excluding carboxylic acids is 1. The number of nitrogens with zero attached hydrogens (tertiary/aromatic N) is 1. The van der Waals surface area contributed by atoms with Crippen LogP contribution in [0.2, 0.25) is 0 Å². The fourth-order valence-electron chi connectivity index (χ4n) is 0.984. The lowest BCUT2D eigenvalue weighted by Gasteiger charge is -1.90. The van der Waals surface area contributed by atoms with Gasteiger partial charge in [0.1, 0.15) is 4.83 Å². The second kappa shape index (κ2) is 2.60. The van der Waals surface area contributed by atoms with E-state index in [-0.39, 0.29) is 5.91 Å². The van der Waals surface area contributed by atoms with E-state index in [9.17, 15) is 4.79 Å². The van der Waals surface area contributed by atoms with Crippen molar-refractivity contribution in [2.75, 3.05) is 7.05 Å². The van der Waals surface area contributed by atoms with Crippen molar-refractivity contribution in [3.63, 3.8) is 0 Å². The van der Waals surface area contributed by atoms with Crippen LogP contribution in [0.5, 0.6) is 0 Å². The molecule has 5 heteroatoms. The highest BCUT2D eigenvalue weighted by atomic mass is 32.1. The molecule has 2 heterocycles. The van der Waals surface area contributed by atoms with Crippen LogP contribution in [0, 0.1) is 0 Å². The molecule has 0 aliphatic rings. The summed E-state index contributed by atoms with van der Waals surface area (Å²) in [5.41, 5.74) is 0. The maximum absolute atomic E-state index is 11.1. The molecule has 0 radical (unpaired) electrons. The van der Waals surface area contributed by atoms with E-state index in [4.69, 9.17) is 0 Å². The standard InChI is InChI=1S/C7H7N3OS/c1-8-6(11)5-2-4-3-9-10-7(4)12-5/h2-3H,1H3,(H,8,11)(H,9,10). The van der Waals surface area contributed by atoms with Crippen LogP contribution in [0.15, 0.2) is 12.3 Å². The number of fused-ring (bicyclic) bond motifs is 1. The summed E-state index contributed by atoms with van der Waals surface area (Å²) < 4.78 is 0. The molecular formula is C7H7N3OS. The van der Waals surface area contributed by atoms with E-state index in [0.717, 1.165) is 10.2 Å². The second-order valence-electron chi connectivity index (χ2n) is 2.34. The molecule has 2 aromatic heterocycles. The number of carbonyl (C=O) groups is 1. The third-order valence-corrected chi connectivity index (χ3v) is 2.64. The van der Waals surface area contributed by atoms with E-state index >= 15 is 0 Å². The van der Waals surface area contributed by atoms with E-state index in [1.165, 1.54) is 11.3 Å². The van der Waals surface area contributed by atoms with Gasteiger partial charge in [-0.2, -0.15) is 5.10 Å². The lowest BCUT2D eigenvalue weighted by molar-refractivity contribution is 0.0967. The van der Waals surface area contributed by atoms with Crippen LogP contribution in [-0.2, 0) is 0 Å². The Morgan fingerprint density at radius 1 is 1.75 bits per heavy atom. The van der Waals surface area contributed by atoms with Gasteiger partial charge in [-0.3, -0.25) is 9.89 Å². The van der Waals surface area contributed by atoms with Crippen molar-refractivity contribution in [3.8, 4) is 0 Å². The van der Waals surface area contributed by atoms with Gasteiger partial charge in [0, 0.05) is 12.4 Å². The molecule has 0 fully saturated rings. The molecular weight excluding hydrogens is 174 g/mol. The van der Waals surface area contributed by atoms with Crippen molar-refractivity contribution in [2.24, 2.45) is 0 Å². The average molecular weight is 181 g/mol. The topological polar surface area (TPSA) is 57.8 Å². The number of hydrogen-bond donors (Lipinski definition) is 2. The molecule has 0 saturated heterocycles. The van der Waals surface area contributed by atoms with Crippen molar-refractivity contribution in [2.45, 2.75) is 0 Å². The molecule has 0 aliphatic carbocycles. The molecule has 0 aliphatic heterocycles. The molecule has 1 amide bonds. The molecule has 62 valence electrons. The Morgan fingerprint density at radius 3 is 3.25 bits per heavy atom. The average Bonchev–Trinajstić information content (AvgIpc) is 2.60. The van der Waals surface area contributed by atoms with Crippen LogP contribution in [0.4, 0.5) is 0 Å². The van der Waals surface area contributed by atoms with E-state index < -0.39 is 0 Å². The molecule has 12 heavy (non-hydrogen) atoms. The third kappa shape index (κ3) is 0.984. The number of H-pyrrole nitrogens is 1. The van der Waals surface area contributed by atoms with Crippen LogP contribution >= 0.6 is 11.3 Å². The minimum atomic E-state index is -0.0513. The summed E-state index contributed by atoms with van der Waals surface area (Å²) in [5.74, 6) is -0.0513. The van der Waals surface area contributed by atoms with E-state index in [0.29, 0.717) is 4.88 Å². The van der Waals surface area contributed by atoms with Crippen LogP contribution in [-0.4, -0.2) is 23.2 Å². The lowest BCUT2D eigenvalue weighted by atomic mass is 10.4. The molecule has 0 spiro atoms. The summed E-state index contributed by atoms with van der Waals surface area (Å²) in [4.78, 5) is 12.8. The molecule has 0 atom stereocenters. The van der Waals surface area contributed by atoms with Gasteiger partial charge in [0.25, 0.3) is 5.91 Å². The van der Waals surface area contributed by atoms with E-state index in [2.05, 4.69) is 15.5 Å². The van der Waals surface area contributed by atoms with Crippen molar-refractivity contribution in [3.05, 3.63) is 17.1 Å². The monoisotopic (exact) mass is 181 g/mol. The zero-order chi connectivity index (χ0) is 8.55. The summed E-state index contributed by atoms with van der Waals surface area (Å²) in [6.07, 6.45) is 1.71. The van der Waals surface area contributed by atoms with Crippen molar-refractivity contribution in [1.82, 2.24) is 15.5 Å². The van der Waals surface area contributed by atoms with Crippen LogP contribution < -0.4 is 5.32 Å². The first kappa shape index (κ1) is 7.30. The molecule has 0 aromatic carbocycles. The van der Waals surface area contributed by atoms with Gasteiger partial charge >= 0.3 is 0 Å². The molecule has 2 aromatic rings. The van der Waals surface area contributed by atoms with Crippen LogP contribution in [0.3, 0.4) is 0 Å². The van der Waals surface area contributed by atoms with E-state index in [1.807, 2.05) is 6.07 Å². The third-order valence-electron chi connectivity index (χ3n) is 1.58. The minimum Gasteiger partial charge on any atom is -0.354 e. The Balaban J connectivity index is 2.51. The fourth-order valence-corrected chi connectivity index (χ4v) is 1.91. The van der Waals surface area contributed by atoms with E-state index in [1.54, 1.807) is 13.2 Å². The Bertz CT molecular complexity index is 388. The fraction of sp³-hybridized carbons (Fsp3) is 0.143. The molecule has 0 saturated carbocycles. The van der Waals surface area contributed by atoms with Gasteiger partial charge in [-0.1, -0.05) is 0 Å². The SMILES string of the molecule is CNC(=O)c1cc2cn[nH]c2s1. The van der Waals surface area contributed by atoms with Crippen molar-refractivity contribution < 1.29 is 4.79 Å². The highest BCUT2D eigenvalue weighted by Gasteiger charge is 2.08. The van der Waals surface area contributed by atoms with Crippen LogP contribution in [0.1, 0.15) is 9.67 Å². The zero-order valence-corrected chi connectivity index (χ0v) is 7.23. The zero-order valence-electron chi connectivity index (χ0n) is 6.42. The summed E-state index contributed by atoms with van der Waals surface area (Å²) in [6, 6.07) is 1.82. The summed E-state index contributed by atoms with van der Waals surface area (Å²) in [7, 11) is 1.62. The van der Waals surface area contributed by atoms with Gasteiger partial charge in [0.15, 0.2) is 0 Å². The molecule has 0 unspecified atom stereocenters. The molecule has 0 bridgehead atoms. The number of nitrogens with one attached hydrogen (secondary N) is 2. The molecule has 2 rings (SSSR count). The van der Waals surface area contributed by atoms with Gasteiger partial charge in [0.05, 0.1) is 11.1 Å². The summed E-state index contributed by atoms with van der Waals surface area (Å²) in [5, 5.41) is 10.2. The predicted molar refractivity (Wildman–Crippen MR) is 47.4 cm³/mol. The largest absolute Gasteiger partial charge is 0.354 e. The van der Waals surface area contributed by atoms with Gasteiger partial charge in [-0.25, -0.2) is 0 Å². The maximum Gasteiger partial charge on any atom is 0.261 e. The first-order valence-electron chi connectivity index (χ1n) is 3.46. The van der Waals surface area contributed by atoms with Gasteiger partial charge < -0.3 is 5.32 Å². The Morgan fingerprint density at radius 2 is 2.58 bits per heavy atom. The highest BCUT2D eigenvalue weighted by Crippen LogP contribution is 2.22. The quantitative estimate of drug-likeness (QED) is 0.689. The Kier molecular flexibility index (Phi) is 1.58. The van der Waals surface area contributed by atoms with Gasteiger partial charge in [0.2, 0.25) is 0 Å². The number of amides is 1. The number of rotatable bonds is 1. The summed E-state index contributed by atoms with van der Waals surface area (Å²) >= 11 is 1.41. The maximum atomic E-state index is 11.1. The Hall–Kier alpha value is -1.36. The second-order valence-corrected chi connectivity index (χ2v) is 3.40. The Labute approximate surface area is 72.6 Å². The first-order valence-corrected chi connectivity index (χ1v) is 4.28. The molecule has 4 nitrogen and oxygen atoms in total. The van der Waals surface area contributed by atoms with Gasteiger partial charge in [-0.05, 0) is 6.07 Å². The highest BCUT2D eigenvalue weighted by molar-refractivity contribution is 7.20. The minimum absolute atomic E-state index is 0.0513. The summed E-state index contributed by atoms with van der Waals surface area (Å²) in [6.45, 7) is 0. The number of hydrogen-bond acceptors (Lipinski definition) is 3. The smallest absolute Gasteiger partial charge is 0.261 e. The number of aromatic amines is 1. The molecule has 2 N–H and O–H groups in total. The van der Waals surface area contributed by atoms with Crippen LogP contribution in [0.25, 0.3) is 10.2 Å².